The lowest BCUT2D eigenvalue weighted by molar-refractivity contribution is 0.671. The molecular formula is C45H23N5O. The van der Waals surface area contributed by atoms with Crippen molar-refractivity contribution < 1.29 is 4.42 Å². The number of hydrogen-bond donors (Lipinski definition) is 0. The van der Waals surface area contributed by atoms with Crippen LogP contribution < -0.4 is 0 Å². The molecule has 0 unspecified atom stereocenters. The zero-order chi connectivity index (χ0) is 34.2. The predicted octanol–water partition coefficient (Wildman–Crippen LogP) is 12.4. The molecule has 6 nitrogen and oxygen atoms in total. The number of rotatable bonds is 3. The van der Waals surface area contributed by atoms with E-state index in [1.807, 2.05) is 84.9 Å². The summed E-state index contributed by atoms with van der Waals surface area (Å²) in [6.07, 6.45) is 0. The van der Waals surface area contributed by atoms with Gasteiger partial charge in [-0.1, -0.05) is 84.9 Å². The van der Waals surface area contributed by atoms with E-state index in [0.717, 1.165) is 71.2 Å². The van der Waals surface area contributed by atoms with Crippen LogP contribution in [0.2, 0.25) is 0 Å². The fourth-order valence-corrected chi connectivity index (χ4v) is 7.82. The van der Waals surface area contributed by atoms with Crippen LogP contribution in [0.25, 0.3) is 97.7 Å². The summed E-state index contributed by atoms with van der Waals surface area (Å²) in [5, 5.41) is 16.9. The normalized spacial score (nSPS) is 11.5. The summed E-state index contributed by atoms with van der Waals surface area (Å²) in [5.74, 6) is 0. The Hall–Kier alpha value is -7.59. The van der Waals surface area contributed by atoms with Gasteiger partial charge in [0.25, 0.3) is 0 Å². The Morgan fingerprint density at radius 3 is 1.78 bits per heavy atom. The van der Waals surface area contributed by atoms with Crippen molar-refractivity contribution in [1.82, 2.24) is 9.13 Å². The van der Waals surface area contributed by atoms with Crippen LogP contribution in [0.5, 0.6) is 0 Å². The van der Waals surface area contributed by atoms with Gasteiger partial charge in [0.15, 0.2) is 11.3 Å². The van der Waals surface area contributed by atoms with E-state index in [-0.39, 0.29) is 0 Å². The zero-order valence-electron chi connectivity index (χ0n) is 26.9. The fourth-order valence-electron chi connectivity index (χ4n) is 7.82. The first-order valence-corrected chi connectivity index (χ1v) is 16.5. The lowest BCUT2D eigenvalue weighted by Gasteiger charge is -2.16. The zero-order valence-corrected chi connectivity index (χ0v) is 26.9. The van der Waals surface area contributed by atoms with Gasteiger partial charge in [-0.2, -0.15) is 5.26 Å². The van der Waals surface area contributed by atoms with E-state index in [9.17, 15) is 5.26 Å². The summed E-state index contributed by atoms with van der Waals surface area (Å²) in [6.45, 7) is 16.5. The summed E-state index contributed by atoms with van der Waals surface area (Å²) >= 11 is 0. The molecule has 0 radical (unpaired) electrons. The van der Waals surface area contributed by atoms with Crippen molar-refractivity contribution in [2.45, 2.75) is 0 Å². The summed E-state index contributed by atoms with van der Waals surface area (Å²) in [7, 11) is 0. The largest absolute Gasteiger partial charge is 0.454 e. The molecule has 0 bridgehead atoms. The number of furan rings is 1. The molecule has 51 heavy (non-hydrogen) atoms. The first-order valence-electron chi connectivity index (χ1n) is 16.5. The molecule has 234 valence electrons. The van der Waals surface area contributed by atoms with Crippen LogP contribution in [0.1, 0.15) is 5.56 Å². The molecule has 0 saturated heterocycles. The fraction of sp³-hybridized carbons (Fsp3) is 0. The molecule has 0 aliphatic carbocycles. The predicted molar refractivity (Wildman–Crippen MR) is 205 cm³/mol. The standard InChI is InChI=1S/C45H23N5O/c1-47-37-24-28(49-39-15-7-5-13-32(39)34-21-22-35-33-14-6-10-18-43(33)51-45(35)44(34)49)19-20-29(37)36-25-38(48-2)42(23-27(36)26-46)50-40-16-8-3-11-30(40)31-12-4-9-17-41(31)50/h3-25H. The van der Waals surface area contributed by atoms with Crippen LogP contribution in [-0.2, 0) is 0 Å². The van der Waals surface area contributed by atoms with Crippen LogP contribution in [-0.4, -0.2) is 9.13 Å². The van der Waals surface area contributed by atoms with Gasteiger partial charge in [0, 0.05) is 38.0 Å². The Balaban J connectivity index is 1.20. The van der Waals surface area contributed by atoms with Crippen LogP contribution >= 0.6 is 0 Å². The van der Waals surface area contributed by atoms with E-state index in [0.29, 0.717) is 33.8 Å². The molecule has 3 aromatic heterocycles. The molecule has 3 heterocycles. The number of nitriles is 1. The molecular weight excluding hydrogens is 627 g/mol. The minimum atomic E-state index is 0.382. The van der Waals surface area contributed by atoms with Crippen molar-refractivity contribution in [1.29, 1.82) is 5.26 Å². The Morgan fingerprint density at radius 1 is 0.529 bits per heavy atom. The average Bonchev–Trinajstić information content (AvgIpc) is 3.85. The second-order valence-electron chi connectivity index (χ2n) is 12.6. The maximum atomic E-state index is 10.5. The second-order valence-corrected chi connectivity index (χ2v) is 12.6. The maximum Gasteiger partial charge on any atom is 0.211 e. The summed E-state index contributed by atoms with van der Waals surface area (Å²) < 4.78 is 10.7. The molecule has 7 aromatic carbocycles. The Labute approximate surface area is 291 Å². The van der Waals surface area contributed by atoms with Gasteiger partial charge < -0.3 is 13.6 Å². The third kappa shape index (κ3) is 3.95. The molecule has 10 rings (SSSR count). The Kier molecular flexibility index (Phi) is 5.97. The van der Waals surface area contributed by atoms with E-state index in [4.69, 9.17) is 17.6 Å². The van der Waals surface area contributed by atoms with E-state index in [2.05, 4.69) is 67.4 Å². The smallest absolute Gasteiger partial charge is 0.211 e. The number of hydrogen-bond acceptors (Lipinski definition) is 2. The molecule has 0 aliphatic rings. The number of fused-ring (bicyclic) bond motifs is 10. The van der Waals surface area contributed by atoms with Gasteiger partial charge in [-0.15, -0.1) is 0 Å². The van der Waals surface area contributed by atoms with Gasteiger partial charge in [0.1, 0.15) is 5.58 Å². The Morgan fingerprint density at radius 2 is 1.12 bits per heavy atom. The van der Waals surface area contributed by atoms with Gasteiger partial charge in [0.2, 0.25) is 5.69 Å². The van der Waals surface area contributed by atoms with E-state index < -0.39 is 0 Å². The van der Waals surface area contributed by atoms with Crippen molar-refractivity contribution in [3.05, 3.63) is 168 Å². The first-order chi connectivity index (χ1) is 25.2. The van der Waals surface area contributed by atoms with Gasteiger partial charge in [-0.25, -0.2) is 9.69 Å². The third-order valence-electron chi connectivity index (χ3n) is 10.0. The van der Waals surface area contributed by atoms with E-state index in [1.54, 1.807) is 12.1 Å². The molecule has 0 atom stereocenters. The monoisotopic (exact) mass is 649 g/mol. The van der Waals surface area contributed by atoms with Crippen molar-refractivity contribution >= 4 is 76.9 Å². The molecule has 0 N–H and O–H groups in total. The minimum absolute atomic E-state index is 0.382. The number of nitrogens with zero attached hydrogens (tertiary/aromatic N) is 5. The molecule has 0 fully saturated rings. The SMILES string of the molecule is [C-]#[N+]c1cc(-n2c3ccccc3c3ccc4c5ccccc5oc4c32)ccc1-c1cc([N+]#[C-])c(-n2c3ccccc3c3ccccc32)cc1C#N. The number of para-hydroxylation sites is 4. The van der Waals surface area contributed by atoms with Gasteiger partial charge in [-0.05, 0) is 65.7 Å². The lowest BCUT2D eigenvalue weighted by Crippen LogP contribution is -1.98. The van der Waals surface area contributed by atoms with Gasteiger partial charge in [0.05, 0.1) is 52.5 Å². The van der Waals surface area contributed by atoms with Crippen LogP contribution in [0.4, 0.5) is 11.4 Å². The van der Waals surface area contributed by atoms with E-state index >= 15 is 0 Å². The Bertz CT molecular complexity index is 3190. The number of benzene rings is 7. The molecule has 0 spiro atoms. The highest BCUT2D eigenvalue weighted by Gasteiger charge is 2.22. The van der Waals surface area contributed by atoms with Crippen molar-refractivity contribution in [2.24, 2.45) is 0 Å². The number of aromatic nitrogens is 2. The second kappa shape index (κ2) is 10.7. The topological polar surface area (TPSA) is 55.5 Å². The maximum absolute atomic E-state index is 10.5. The summed E-state index contributed by atoms with van der Waals surface area (Å²) in [6, 6.07) is 48.4. The molecule has 10 aromatic rings. The summed E-state index contributed by atoms with van der Waals surface area (Å²) in [5.41, 5.74) is 9.17. The lowest BCUT2D eigenvalue weighted by atomic mass is 9.96. The van der Waals surface area contributed by atoms with Crippen molar-refractivity contribution in [3.63, 3.8) is 0 Å². The van der Waals surface area contributed by atoms with Gasteiger partial charge >= 0.3 is 0 Å². The average molecular weight is 650 g/mol. The van der Waals surface area contributed by atoms with Crippen LogP contribution in [0, 0.1) is 24.5 Å². The highest BCUT2D eigenvalue weighted by atomic mass is 16.3. The summed E-state index contributed by atoms with van der Waals surface area (Å²) in [4.78, 5) is 7.94. The third-order valence-corrected chi connectivity index (χ3v) is 10.0. The first kappa shape index (κ1) is 28.4. The highest BCUT2D eigenvalue weighted by molar-refractivity contribution is 6.21. The highest BCUT2D eigenvalue weighted by Crippen LogP contribution is 2.44. The minimum Gasteiger partial charge on any atom is -0.454 e. The molecule has 0 saturated carbocycles. The van der Waals surface area contributed by atoms with Gasteiger partial charge in [-0.3, -0.25) is 0 Å². The molecule has 0 amide bonds. The van der Waals surface area contributed by atoms with Crippen LogP contribution in [0.15, 0.2) is 144 Å². The molecule has 0 aliphatic heterocycles. The van der Waals surface area contributed by atoms with Crippen molar-refractivity contribution in [2.75, 3.05) is 0 Å². The van der Waals surface area contributed by atoms with E-state index in [1.165, 1.54) is 0 Å². The quantitative estimate of drug-likeness (QED) is 0.179. The van der Waals surface area contributed by atoms with Crippen LogP contribution in [0.3, 0.4) is 0 Å². The molecule has 6 heteroatoms. The van der Waals surface area contributed by atoms with Crippen molar-refractivity contribution in [3.8, 4) is 28.6 Å².